The van der Waals surface area contributed by atoms with Gasteiger partial charge in [0.25, 0.3) is 5.91 Å². The first kappa shape index (κ1) is 17.5. The van der Waals surface area contributed by atoms with Crippen molar-refractivity contribution in [2.24, 2.45) is 0 Å². The summed E-state index contributed by atoms with van der Waals surface area (Å²) in [6, 6.07) is 13.4. The zero-order valence-corrected chi connectivity index (χ0v) is 14.3. The third-order valence-electron chi connectivity index (χ3n) is 3.40. The van der Waals surface area contributed by atoms with Gasteiger partial charge in [-0.3, -0.25) is 4.79 Å². The van der Waals surface area contributed by atoms with Gasteiger partial charge in [0.1, 0.15) is 4.90 Å². The van der Waals surface area contributed by atoms with E-state index >= 15 is 0 Å². The molecule has 5 nitrogen and oxygen atoms in total. The monoisotopic (exact) mass is 352 g/mol. The molecule has 0 spiro atoms. The Morgan fingerprint density at radius 3 is 2.39 bits per heavy atom. The number of carbonyl (C=O) groups excluding carboxylic acids is 1. The molecule has 2 aromatic rings. The van der Waals surface area contributed by atoms with E-state index in [2.05, 4.69) is 10.0 Å². The largest absolute Gasteiger partial charge is 0.346 e. The first-order valence-electron chi connectivity index (χ1n) is 6.94. The lowest BCUT2D eigenvalue weighted by Gasteiger charge is -2.15. The molecule has 0 unspecified atom stereocenters. The molecule has 0 saturated heterocycles. The van der Waals surface area contributed by atoms with Gasteiger partial charge in [-0.25, -0.2) is 13.1 Å². The number of rotatable bonds is 5. The topological polar surface area (TPSA) is 75.3 Å². The standard InChI is InChI=1S/C16H17ClN2O3S/c1-11(12-6-4-3-5-7-12)19-16(20)13-8-9-14(17)15(10-13)23(21,22)18-2/h3-11,18H,1-2H3,(H,19,20)/t11-/m1/s1. The molecule has 0 aliphatic rings. The van der Waals surface area contributed by atoms with Crippen molar-refractivity contribution in [2.45, 2.75) is 17.9 Å². The third-order valence-corrected chi connectivity index (χ3v) is 5.29. The lowest BCUT2D eigenvalue weighted by atomic mass is 10.1. The molecule has 0 heterocycles. The molecule has 0 aliphatic heterocycles. The van der Waals surface area contributed by atoms with Crippen LogP contribution in [0, 0.1) is 0 Å². The second kappa shape index (κ2) is 7.12. The fourth-order valence-corrected chi connectivity index (χ4v) is 3.31. The molecule has 7 heteroatoms. The molecule has 2 aromatic carbocycles. The van der Waals surface area contributed by atoms with Gasteiger partial charge in [0.05, 0.1) is 11.1 Å². The van der Waals surface area contributed by atoms with E-state index in [0.29, 0.717) is 0 Å². The summed E-state index contributed by atoms with van der Waals surface area (Å²) in [6.07, 6.45) is 0. The minimum absolute atomic E-state index is 0.0620. The van der Waals surface area contributed by atoms with Crippen LogP contribution in [-0.4, -0.2) is 21.4 Å². The number of amides is 1. The smallest absolute Gasteiger partial charge is 0.251 e. The highest BCUT2D eigenvalue weighted by Crippen LogP contribution is 2.23. The first-order chi connectivity index (χ1) is 10.8. The van der Waals surface area contributed by atoms with Crippen LogP contribution in [0.2, 0.25) is 5.02 Å². The van der Waals surface area contributed by atoms with Crippen molar-refractivity contribution >= 4 is 27.5 Å². The molecule has 2 rings (SSSR count). The SMILES string of the molecule is CNS(=O)(=O)c1cc(C(=O)N[C@H](C)c2ccccc2)ccc1Cl. The molecule has 23 heavy (non-hydrogen) atoms. The Balaban J connectivity index is 2.25. The predicted molar refractivity (Wildman–Crippen MR) is 90.0 cm³/mol. The van der Waals surface area contributed by atoms with Crippen LogP contribution in [0.15, 0.2) is 53.4 Å². The number of carbonyl (C=O) groups is 1. The van der Waals surface area contributed by atoms with Gasteiger partial charge in [0.15, 0.2) is 0 Å². The van der Waals surface area contributed by atoms with Gasteiger partial charge < -0.3 is 5.32 Å². The highest BCUT2D eigenvalue weighted by Gasteiger charge is 2.19. The Bertz CT molecular complexity index is 807. The van der Waals surface area contributed by atoms with E-state index in [-0.39, 0.29) is 27.4 Å². The number of halogens is 1. The molecule has 1 atom stereocenters. The summed E-state index contributed by atoms with van der Waals surface area (Å²) in [4.78, 5) is 12.2. The van der Waals surface area contributed by atoms with Gasteiger partial charge >= 0.3 is 0 Å². The number of hydrogen-bond donors (Lipinski definition) is 2. The molecule has 0 aromatic heterocycles. The molecule has 0 bridgehead atoms. The molecular weight excluding hydrogens is 336 g/mol. The Morgan fingerprint density at radius 2 is 1.78 bits per heavy atom. The predicted octanol–water partition coefficient (Wildman–Crippen LogP) is 2.74. The summed E-state index contributed by atoms with van der Waals surface area (Å²) in [5.74, 6) is -0.370. The van der Waals surface area contributed by atoms with Crippen LogP contribution in [0.5, 0.6) is 0 Å². The molecular formula is C16H17ClN2O3S. The summed E-state index contributed by atoms with van der Waals surface area (Å²) in [5, 5.41) is 2.89. The zero-order valence-electron chi connectivity index (χ0n) is 12.7. The van der Waals surface area contributed by atoms with Crippen LogP contribution in [0.4, 0.5) is 0 Å². The summed E-state index contributed by atoms with van der Waals surface area (Å²) < 4.78 is 26.0. The van der Waals surface area contributed by atoms with E-state index in [9.17, 15) is 13.2 Å². The Hall–Kier alpha value is -1.89. The van der Waals surface area contributed by atoms with Crippen LogP contribution >= 0.6 is 11.6 Å². The van der Waals surface area contributed by atoms with E-state index in [1.165, 1.54) is 25.2 Å². The second-order valence-corrected chi connectivity index (χ2v) is 7.22. The van der Waals surface area contributed by atoms with Crippen molar-refractivity contribution < 1.29 is 13.2 Å². The van der Waals surface area contributed by atoms with Crippen LogP contribution < -0.4 is 10.0 Å². The van der Waals surface area contributed by atoms with Crippen LogP contribution in [-0.2, 0) is 10.0 Å². The van der Waals surface area contributed by atoms with E-state index in [1.54, 1.807) is 0 Å². The van der Waals surface area contributed by atoms with Gasteiger partial charge in [-0.05, 0) is 37.7 Å². The van der Waals surface area contributed by atoms with Crippen molar-refractivity contribution in [1.82, 2.24) is 10.0 Å². The van der Waals surface area contributed by atoms with Gasteiger partial charge in [0.2, 0.25) is 10.0 Å². The van der Waals surface area contributed by atoms with Gasteiger partial charge in [-0.15, -0.1) is 0 Å². The zero-order chi connectivity index (χ0) is 17.0. The van der Waals surface area contributed by atoms with Crippen molar-refractivity contribution in [3.8, 4) is 0 Å². The van der Waals surface area contributed by atoms with Crippen molar-refractivity contribution in [3.05, 3.63) is 64.7 Å². The molecule has 0 fully saturated rings. The van der Waals surface area contributed by atoms with Crippen molar-refractivity contribution in [2.75, 3.05) is 7.05 Å². The average Bonchev–Trinajstić information content (AvgIpc) is 2.55. The quantitative estimate of drug-likeness (QED) is 0.868. The number of benzene rings is 2. The van der Waals surface area contributed by atoms with Gasteiger partial charge in [0, 0.05) is 5.56 Å². The second-order valence-electron chi connectivity index (χ2n) is 4.96. The maximum Gasteiger partial charge on any atom is 0.251 e. The normalized spacial score (nSPS) is 12.7. The minimum Gasteiger partial charge on any atom is -0.346 e. The van der Waals surface area contributed by atoms with Crippen LogP contribution in [0.25, 0.3) is 0 Å². The average molecular weight is 353 g/mol. The summed E-state index contributed by atoms with van der Waals surface area (Å²) in [7, 11) is -2.44. The lowest BCUT2D eigenvalue weighted by molar-refractivity contribution is 0.0939. The Morgan fingerprint density at radius 1 is 1.13 bits per heavy atom. The molecule has 0 aliphatic carbocycles. The van der Waals surface area contributed by atoms with Gasteiger partial charge in [-0.2, -0.15) is 0 Å². The van der Waals surface area contributed by atoms with E-state index < -0.39 is 10.0 Å². The Labute approximate surface area is 140 Å². The van der Waals surface area contributed by atoms with Crippen molar-refractivity contribution in [3.63, 3.8) is 0 Å². The molecule has 0 radical (unpaired) electrons. The summed E-state index contributed by atoms with van der Waals surface area (Å²) in [5.41, 5.74) is 1.18. The highest BCUT2D eigenvalue weighted by molar-refractivity contribution is 7.89. The first-order valence-corrected chi connectivity index (χ1v) is 8.80. The fourth-order valence-electron chi connectivity index (χ4n) is 2.07. The summed E-state index contributed by atoms with van der Waals surface area (Å²) >= 11 is 5.91. The molecule has 1 amide bonds. The van der Waals surface area contributed by atoms with E-state index in [1.807, 2.05) is 37.3 Å². The maximum absolute atomic E-state index is 12.3. The van der Waals surface area contributed by atoms with E-state index in [0.717, 1.165) is 5.56 Å². The molecule has 122 valence electrons. The van der Waals surface area contributed by atoms with Crippen molar-refractivity contribution in [1.29, 1.82) is 0 Å². The lowest BCUT2D eigenvalue weighted by Crippen LogP contribution is -2.27. The molecule has 0 saturated carbocycles. The maximum atomic E-state index is 12.3. The van der Waals surface area contributed by atoms with Gasteiger partial charge in [-0.1, -0.05) is 41.9 Å². The number of nitrogens with one attached hydrogen (secondary N) is 2. The molecule has 2 N–H and O–H groups in total. The van der Waals surface area contributed by atoms with Crippen LogP contribution in [0.3, 0.4) is 0 Å². The minimum atomic E-state index is -3.73. The van der Waals surface area contributed by atoms with Crippen LogP contribution in [0.1, 0.15) is 28.9 Å². The Kier molecular flexibility index (Phi) is 5.41. The number of hydrogen-bond acceptors (Lipinski definition) is 3. The third kappa shape index (κ3) is 4.10. The van der Waals surface area contributed by atoms with E-state index in [4.69, 9.17) is 11.6 Å². The number of sulfonamides is 1. The summed E-state index contributed by atoms with van der Waals surface area (Å²) in [6.45, 7) is 1.86. The fraction of sp³-hybridized carbons (Fsp3) is 0.188. The highest BCUT2D eigenvalue weighted by atomic mass is 35.5.